The van der Waals surface area contributed by atoms with Crippen LogP contribution in [0.5, 0.6) is 0 Å². The molecule has 2 fully saturated rings. The predicted octanol–water partition coefficient (Wildman–Crippen LogP) is 6.47. The SMILES string of the molecule is CCC[CH2][Sn]([CH2]CCC)([CH2]CCC)[CH2][C@@H]1CO[C@@H]2CCC[C@@H](C=O)[C@H]12. The summed E-state index contributed by atoms with van der Waals surface area (Å²) in [6.45, 7) is 8.03. The van der Waals surface area contributed by atoms with Gasteiger partial charge in [-0.05, 0) is 0 Å². The Labute approximate surface area is 160 Å². The first-order valence-corrected chi connectivity index (χ1v) is 19.3. The van der Waals surface area contributed by atoms with Crippen LogP contribution >= 0.6 is 0 Å². The van der Waals surface area contributed by atoms with E-state index in [-0.39, 0.29) is 0 Å². The van der Waals surface area contributed by atoms with Crippen molar-refractivity contribution in [1.29, 1.82) is 0 Å². The van der Waals surface area contributed by atoms with Gasteiger partial charge in [-0.25, -0.2) is 0 Å². The molecule has 0 aromatic rings. The molecule has 0 amide bonds. The fourth-order valence-corrected chi connectivity index (χ4v) is 23.3. The number of carbonyl (C=O) groups is 1. The molecular formula is C22H42O2Sn. The maximum atomic E-state index is 11.7. The average Bonchev–Trinajstić information content (AvgIpc) is 3.05. The molecule has 2 rings (SSSR count). The standard InChI is InChI=1S/C10H15O2.3C4H9.Sn/c1-7-6-12-9-4-2-3-8(5-11)10(7)9;3*1-3-4-2;/h5,7-10H,1-4,6H2;3*1,3-4H2,2H3;/t7-,8+,9-,10+;;;;/m1..../s1. The molecule has 2 aliphatic rings. The van der Waals surface area contributed by atoms with Crippen LogP contribution in [0.2, 0.25) is 17.7 Å². The van der Waals surface area contributed by atoms with Crippen LogP contribution in [-0.2, 0) is 9.53 Å². The first kappa shape index (κ1) is 21.7. The molecule has 0 bridgehead atoms. The van der Waals surface area contributed by atoms with Crippen LogP contribution in [0.25, 0.3) is 0 Å². The summed E-state index contributed by atoms with van der Waals surface area (Å²) in [6, 6.07) is 0. The zero-order chi connectivity index (χ0) is 18.1. The van der Waals surface area contributed by atoms with Gasteiger partial charge in [-0.2, -0.15) is 0 Å². The van der Waals surface area contributed by atoms with E-state index >= 15 is 0 Å². The molecule has 0 N–H and O–H groups in total. The fourth-order valence-electron chi connectivity index (χ4n) is 5.67. The van der Waals surface area contributed by atoms with Gasteiger partial charge in [-0.15, -0.1) is 0 Å². The minimum absolute atomic E-state index is 0.291. The second-order valence-corrected chi connectivity index (χ2v) is 23.0. The van der Waals surface area contributed by atoms with Crippen molar-refractivity contribution in [1.82, 2.24) is 0 Å². The molecule has 0 aromatic heterocycles. The number of rotatable bonds is 12. The Morgan fingerprint density at radius 3 is 2.08 bits per heavy atom. The summed E-state index contributed by atoms with van der Waals surface area (Å²) >= 11 is -2.13. The monoisotopic (exact) mass is 458 g/mol. The maximum absolute atomic E-state index is 11.7. The van der Waals surface area contributed by atoms with Crippen LogP contribution in [-0.4, -0.2) is 37.4 Å². The van der Waals surface area contributed by atoms with Crippen molar-refractivity contribution in [2.75, 3.05) is 6.61 Å². The van der Waals surface area contributed by atoms with E-state index in [0.717, 1.165) is 13.0 Å². The molecule has 1 heterocycles. The van der Waals surface area contributed by atoms with Crippen molar-refractivity contribution in [3.63, 3.8) is 0 Å². The molecule has 146 valence electrons. The third-order valence-electron chi connectivity index (χ3n) is 7.07. The number of ether oxygens (including phenoxy) is 1. The van der Waals surface area contributed by atoms with E-state index in [2.05, 4.69) is 20.8 Å². The zero-order valence-corrected chi connectivity index (χ0v) is 20.0. The third kappa shape index (κ3) is 5.95. The molecule has 0 spiro atoms. The van der Waals surface area contributed by atoms with Gasteiger partial charge in [0.25, 0.3) is 0 Å². The van der Waals surface area contributed by atoms with E-state index in [1.165, 1.54) is 62.1 Å². The van der Waals surface area contributed by atoms with Crippen LogP contribution in [0.4, 0.5) is 0 Å². The Morgan fingerprint density at radius 1 is 0.960 bits per heavy atom. The van der Waals surface area contributed by atoms with Gasteiger partial charge in [0, 0.05) is 0 Å². The van der Waals surface area contributed by atoms with Gasteiger partial charge in [0.2, 0.25) is 0 Å². The number of unbranched alkanes of at least 4 members (excludes halogenated alkanes) is 3. The summed E-state index contributed by atoms with van der Waals surface area (Å²) in [6.07, 6.45) is 13.6. The second-order valence-electron chi connectivity index (χ2n) is 8.95. The van der Waals surface area contributed by atoms with E-state index in [4.69, 9.17) is 4.74 Å². The summed E-state index contributed by atoms with van der Waals surface area (Å²) in [7, 11) is 0. The van der Waals surface area contributed by atoms with E-state index in [1.54, 1.807) is 13.3 Å². The van der Waals surface area contributed by atoms with Crippen LogP contribution in [0.3, 0.4) is 0 Å². The number of carbonyl (C=O) groups excluding carboxylic acids is 1. The van der Waals surface area contributed by atoms with Gasteiger partial charge >= 0.3 is 161 Å². The Kier molecular flexibility index (Phi) is 9.83. The molecule has 4 atom stereocenters. The van der Waals surface area contributed by atoms with E-state index in [0.29, 0.717) is 23.9 Å². The first-order chi connectivity index (χ1) is 12.2. The van der Waals surface area contributed by atoms with Crippen LogP contribution in [0.15, 0.2) is 0 Å². The summed E-state index contributed by atoms with van der Waals surface area (Å²) in [4.78, 5) is 11.7. The van der Waals surface area contributed by atoms with Crippen molar-refractivity contribution in [2.45, 2.75) is 102 Å². The van der Waals surface area contributed by atoms with E-state index < -0.39 is 18.4 Å². The zero-order valence-electron chi connectivity index (χ0n) is 17.1. The Bertz CT molecular complexity index is 362. The number of hydrogen-bond acceptors (Lipinski definition) is 2. The Morgan fingerprint density at radius 2 is 1.56 bits per heavy atom. The molecule has 1 saturated heterocycles. The topological polar surface area (TPSA) is 26.3 Å². The normalized spacial score (nSPS) is 29.6. The molecule has 25 heavy (non-hydrogen) atoms. The fraction of sp³-hybridized carbons (Fsp3) is 0.955. The molecule has 0 unspecified atom stereocenters. The number of aldehydes is 1. The van der Waals surface area contributed by atoms with Gasteiger partial charge in [0.15, 0.2) is 0 Å². The molecule has 2 nitrogen and oxygen atoms in total. The average molecular weight is 457 g/mol. The molecular weight excluding hydrogens is 415 g/mol. The van der Waals surface area contributed by atoms with Crippen molar-refractivity contribution >= 4 is 24.7 Å². The summed E-state index contributed by atoms with van der Waals surface area (Å²) in [5.74, 6) is 1.56. The molecule has 1 aliphatic carbocycles. The van der Waals surface area contributed by atoms with Crippen molar-refractivity contribution in [3.8, 4) is 0 Å². The predicted molar refractivity (Wildman–Crippen MR) is 110 cm³/mol. The second kappa shape index (κ2) is 11.3. The third-order valence-corrected chi connectivity index (χ3v) is 23.1. The van der Waals surface area contributed by atoms with Gasteiger partial charge in [-0.3, -0.25) is 0 Å². The summed E-state index contributed by atoms with van der Waals surface area (Å²) in [5, 5.41) is 0. The van der Waals surface area contributed by atoms with E-state index in [1.807, 2.05) is 0 Å². The van der Waals surface area contributed by atoms with Gasteiger partial charge < -0.3 is 0 Å². The van der Waals surface area contributed by atoms with Crippen LogP contribution < -0.4 is 0 Å². The summed E-state index contributed by atoms with van der Waals surface area (Å²) < 4.78 is 12.5. The number of hydrogen-bond donors (Lipinski definition) is 0. The van der Waals surface area contributed by atoms with Gasteiger partial charge in [0.05, 0.1) is 0 Å². The van der Waals surface area contributed by atoms with Gasteiger partial charge in [-0.1, -0.05) is 0 Å². The van der Waals surface area contributed by atoms with Crippen LogP contribution in [0.1, 0.15) is 78.6 Å². The molecule has 3 heteroatoms. The molecule has 0 aromatic carbocycles. The van der Waals surface area contributed by atoms with Gasteiger partial charge in [0.1, 0.15) is 0 Å². The van der Waals surface area contributed by atoms with E-state index in [9.17, 15) is 4.79 Å². The minimum atomic E-state index is -2.13. The van der Waals surface area contributed by atoms with Crippen molar-refractivity contribution < 1.29 is 9.53 Å². The summed E-state index contributed by atoms with van der Waals surface area (Å²) in [5.41, 5.74) is 0. The number of fused-ring (bicyclic) bond motifs is 1. The molecule has 1 saturated carbocycles. The molecule has 1 aliphatic heterocycles. The van der Waals surface area contributed by atoms with Crippen molar-refractivity contribution in [2.24, 2.45) is 17.8 Å². The quantitative estimate of drug-likeness (QED) is 0.248. The van der Waals surface area contributed by atoms with Crippen LogP contribution in [0, 0.1) is 17.8 Å². The molecule has 0 radical (unpaired) electrons. The Balaban J connectivity index is 2.13. The van der Waals surface area contributed by atoms with Crippen molar-refractivity contribution in [3.05, 3.63) is 0 Å². The first-order valence-electron chi connectivity index (χ1n) is 11.3. The Hall–Kier alpha value is 0.429.